The Hall–Kier alpha value is -3.73. The maximum absolute atomic E-state index is 8.98. The van der Waals surface area contributed by atoms with Crippen molar-refractivity contribution in [3.05, 3.63) is 137 Å². The smallest absolute Gasteiger partial charge is 0.0795 e. The largest absolute Gasteiger partial charge is 0.305 e. The third kappa shape index (κ3) is 8.81. The average Bonchev–Trinajstić information content (AvgIpc) is 3.55. The van der Waals surface area contributed by atoms with Gasteiger partial charge in [0.2, 0.25) is 0 Å². The number of nitrogens with zero attached hydrogens (tertiary/aromatic N) is 2. The van der Waals surface area contributed by atoms with Gasteiger partial charge in [-0.2, -0.15) is 11.3 Å². The van der Waals surface area contributed by atoms with E-state index in [1.807, 2.05) is 48.7 Å². The molecule has 2 nitrogen and oxygen atoms in total. The number of aromatic nitrogens is 2. The fourth-order valence-corrected chi connectivity index (χ4v) is 10.1. The number of hydrogen-bond acceptors (Lipinski definition) is 3. The number of aryl methyl sites for hydroxylation is 4. The van der Waals surface area contributed by atoms with Gasteiger partial charge in [-0.25, -0.2) is 0 Å². The summed E-state index contributed by atoms with van der Waals surface area (Å²) in [4.78, 5) is 9.24. The van der Waals surface area contributed by atoms with Gasteiger partial charge in [-0.05, 0) is 107 Å². The summed E-state index contributed by atoms with van der Waals surface area (Å²) >= 11 is 1.80. The van der Waals surface area contributed by atoms with Crippen LogP contribution in [0.2, 0.25) is 19.6 Å². The fourth-order valence-electron chi connectivity index (χ4n) is 7.74. The Kier molecular flexibility index (Phi) is 11.4. The van der Waals surface area contributed by atoms with Gasteiger partial charge in [-0.15, -0.1) is 59.7 Å². The van der Waals surface area contributed by atoms with Crippen LogP contribution in [0.3, 0.4) is 0 Å². The first-order valence-electron chi connectivity index (χ1n) is 19.7. The van der Waals surface area contributed by atoms with E-state index in [0.29, 0.717) is 0 Å². The van der Waals surface area contributed by atoms with E-state index in [1.54, 1.807) is 17.5 Å². The van der Waals surface area contributed by atoms with Crippen molar-refractivity contribution < 1.29 is 22.8 Å². The van der Waals surface area contributed by atoms with Crippen molar-refractivity contribution in [3.63, 3.8) is 0 Å². The second-order valence-electron chi connectivity index (χ2n) is 15.5. The molecule has 3 aromatic heterocycles. The van der Waals surface area contributed by atoms with Crippen LogP contribution in [-0.2, 0) is 26.5 Å². The van der Waals surface area contributed by atoms with Gasteiger partial charge in [0.05, 0.1) is 8.07 Å². The minimum absolute atomic E-state index is 0. The molecule has 3 heterocycles. The predicted molar refractivity (Wildman–Crippen MR) is 228 cm³/mol. The van der Waals surface area contributed by atoms with Crippen molar-refractivity contribution in [2.24, 2.45) is 5.92 Å². The van der Waals surface area contributed by atoms with Gasteiger partial charge in [0.15, 0.2) is 0 Å². The van der Waals surface area contributed by atoms with E-state index >= 15 is 0 Å². The van der Waals surface area contributed by atoms with E-state index in [9.17, 15) is 0 Å². The molecule has 0 bridgehead atoms. The molecular weight excluding hydrogens is 857 g/mol. The molecule has 4 aromatic carbocycles. The molecular formula is C48H50IrN2SSi-2. The molecule has 0 atom stereocenters. The van der Waals surface area contributed by atoms with Gasteiger partial charge >= 0.3 is 0 Å². The Morgan fingerprint density at radius 3 is 2.25 bits per heavy atom. The summed E-state index contributed by atoms with van der Waals surface area (Å²) in [6, 6.07) is 36.1. The summed E-state index contributed by atoms with van der Waals surface area (Å²) in [5.74, 6) is 0.0744. The van der Waals surface area contributed by atoms with E-state index in [2.05, 4.69) is 107 Å². The quantitative estimate of drug-likeness (QED) is 0.123. The summed E-state index contributed by atoms with van der Waals surface area (Å²) < 4.78 is 20.4. The zero-order valence-corrected chi connectivity index (χ0v) is 36.2. The van der Waals surface area contributed by atoms with E-state index in [0.717, 1.165) is 53.8 Å². The zero-order chi connectivity index (χ0) is 38.2. The first-order chi connectivity index (χ1) is 25.8. The Labute approximate surface area is 338 Å². The molecule has 8 rings (SSSR count). The standard InChI is InChI=1S/C34H34NS.C14H16NSi.Ir/c1-21-15-22(2)32(23(3)16-21)27-17-24(4)33-29-12-8-11-28(34(29)36-31(33)20-27)30-19-26(13-14-35-30)18-25-9-6-5-7-10-25;1-16(2,3)13-9-10-14(15-11-13)12-7-5-4-6-8-12;/h8,12-17,19-20,25H,5-7,9-10,18H2,1-4H3;4-7,9-11H,1-3H3;/q2*-1;/i18D2;;. The Morgan fingerprint density at radius 1 is 0.792 bits per heavy atom. The summed E-state index contributed by atoms with van der Waals surface area (Å²) in [7, 11) is -1.23. The first-order valence-corrected chi connectivity index (χ1v) is 23.0. The SMILES string of the molecule is C[Si](C)(C)c1ccc(-c2[c-]cccc2)nc1.[2H]C([2H])(c1ccnc(-c2[c-]ccc3c2sc2cc(-c4c(C)cc(C)cc4C)cc(C)c23)c1)C1CCCCC1.[Ir]. The maximum Gasteiger partial charge on any atom is 0.0795 e. The maximum atomic E-state index is 8.98. The van der Waals surface area contributed by atoms with Crippen LogP contribution in [0.1, 0.15) is 62.7 Å². The summed E-state index contributed by atoms with van der Waals surface area (Å²) in [5, 5.41) is 3.91. The van der Waals surface area contributed by atoms with Crippen LogP contribution in [0.5, 0.6) is 0 Å². The Bertz CT molecular complexity index is 2410. The third-order valence-corrected chi connectivity index (χ3v) is 13.5. The minimum Gasteiger partial charge on any atom is -0.305 e. The predicted octanol–water partition coefficient (Wildman–Crippen LogP) is 13.0. The van der Waals surface area contributed by atoms with Crippen LogP contribution in [0.4, 0.5) is 0 Å². The third-order valence-electron chi connectivity index (χ3n) is 10.3. The molecule has 1 aliphatic carbocycles. The van der Waals surface area contributed by atoms with E-state index in [-0.39, 0.29) is 26.0 Å². The molecule has 1 fully saturated rings. The zero-order valence-electron chi connectivity index (χ0n) is 34.0. The van der Waals surface area contributed by atoms with Gasteiger partial charge in [-0.3, -0.25) is 0 Å². The summed E-state index contributed by atoms with van der Waals surface area (Å²) in [6.07, 6.45) is 7.84. The minimum atomic E-state index is -1.35. The number of hydrogen-bond donors (Lipinski definition) is 0. The molecule has 5 heteroatoms. The van der Waals surface area contributed by atoms with Crippen LogP contribution in [0, 0.1) is 45.7 Å². The normalized spacial score (nSPS) is 14.2. The second-order valence-corrected chi connectivity index (χ2v) is 21.6. The van der Waals surface area contributed by atoms with Gasteiger partial charge in [0.1, 0.15) is 0 Å². The molecule has 1 aliphatic rings. The van der Waals surface area contributed by atoms with E-state index < -0.39 is 14.4 Å². The molecule has 0 N–H and O–H groups in total. The van der Waals surface area contributed by atoms with Crippen molar-refractivity contribution in [3.8, 4) is 33.6 Å². The molecule has 0 aliphatic heterocycles. The average molecular weight is 909 g/mol. The molecule has 1 saturated carbocycles. The molecule has 0 saturated heterocycles. The molecule has 0 amide bonds. The van der Waals surface area contributed by atoms with Gasteiger partial charge in [0.25, 0.3) is 0 Å². The summed E-state index contributed by atoms with van der Waals surface area (Å²) in [6.45, 7) is 15.8. The van der Waals surface area contributed by atoms with E-state index in [4.69, 9.17) is 7.73 Å². The molecule has 0 unspecified atom stereocenters. The second kappa shape index (κ2) is 16.7. The first kappa shape index (κ1) is 36.3. The van der Waals surface area contributed by atoms with Crippen LogP contribution in [-0.4, -0.2) is 18.0 Å². The van der Waals surface area contributed by atoms with Crippen LogP contribution < -0.4 is 5.19 Å². The van der Waals surface area contributed by atoms with Crippen LogP contribution in [0.25, 0.3) is 53.8 Å². The van der Waals surface area contributed by atoms with Crippen molar-refractivity contribution in [2.45, 2.75) is 85.8 Å². The number of pyridine rings is 2. The Morgan fingerprint density at radius 2 is 1.57 bits per heavy atom. The van der Waals surface area contributed by atoms with Crippen LogP contribution in [0.15, 0.2) is 97.3 Å². The van der Waals surface area contributed by atoms with E-state index in [1.165, 1.54) is 65.2 Å². The molecule has 0 spiro atoms. The molecule has 53 heavy (non-hydrogen) atoms. The van der Waals surface area contributed by atoms with Crippen molar-refractivity contribution in [2.75, 3.05) is 0 Å². The van der Waals surface area contributed by atoms with Crippen molar-refractivity contribution in [1.82, 2.24) is 9.97 Å². The van der Waals surface area contributed by atoms with Crippen LogP contribution >= 0.6 is 11.3 Å². The Balaban J connectivity index is 0.000000254. The van der Waals surface area contributed by atoms with Gasteiger partial charge < -0.3 is 9.97 Å². The van der Waals surface area contributed by atoms with Gasteiger partial charge in [-0.1, -0.05) is 105 Å². The number of rotatable bonds is 6. The topological polar surface area (TPSA) is 25.8 Å². The molecule has 7 aromatic rings. The summed E-state index contributed by atoms with van der Waals surface area (Å²) in [5.41, 5.74) is 12.4. The molecule has 273 valence electrons. The number of fused-ring (bicyclic) bond motifs is 3. The van der Waals surface area contributed by atoms with Crippen molar-refractivity contribution >= 4 is 44.8 Å². The number of thiophene rings is 1. The van der Waals surface area contributed by atoms with Gasteiger partial charge in [0, 0.05) is 39.9 Å². The monoisotopic (exact) mass is 909 g/mol. The fraction of sp³-hybridized carbons (Fsp3) is 0.292. The van der Waals surface area contributed by atoms with Crippen molar-refractivity contribution in [1.29, 1.82) is 0 Å². The molecule has 1 radical (unpaired) electrons. The number of benzene rings is 4.